The van der Waals surface area contributed by atoms with Crippen LogP contribution < -0.4 is 5.32 Å². The van der Waals surface area contributed by atoms with E-state index in [1.807, 2.05) is 0 Å². The van der Waals surface area contributed by atoms with Crippen molar-refractivity contribution in [1.29, 1.82) is 0 Å². The predicted octanol–water partition coefficient (Wildman–Crippen LogP) is 3.61. The van der Waals surface area contributed by atoms with E-state index in [0.29, 0.717) is 0 Å². The summed E-state index contributed by atoms with van der Waals surface area (Å²) in [6.07, 6.45) is -3.38. The number of halogens is 3. The van der Waals surface area contributed by atoms with Crippen LogP contribution in [-0.2, 0) is 10.9 Å². The van der Waals surface area contributed by atoms with E-state index in [4.69, 9.17) is 9.15 Å². The number of nitrogens with one attached hydrogen (secondary N) is 1. The van der Waals surface area contributed by atoms with Crippen molar-refractivity contribution < 1.29 is 27.1 Å². The zero-order chi connectivity index (χ0) is 15.5. The van der Waals surface area contributed by atoms with Crippen molar-refractivity contribution >= 4 is 17.7 Å². The fraction of sp³-hybridized carbons (Fsp3) is 0.231. The Hall–Kier alpha value is -2.51. The molecule has 21 heavy (non-hydrogen) atoms. The zero-order valence-electron chi connectivity index (χ0n) is 10.9. The van der Waals surface area contributed by atoms with Crippen LogP contribution in [0.1, 0.15) is 23.0 Å². The molecule has 5 nitrogen and oxygen atoms in total. The maximum Gasteiger partial charge on any atom is 0.416 e. The van der Waals surface area contributed by atoms with Gasteiger partial charge in [0.2, 0.25) is 0 Å². The number of nitrogens with zero attached hydrogens (tertiary/aromatic N) is 1. The molecule has 2 rings (SSSR count). The summed E-state index contributed by atoms with van der Waals surface area (Å²) < 4.78 is 47.4. The van der Waals surface area contributed by atoms with Gasteiger partial charge in [-0.15, -0.1) is 0 Å². The molecule has 0 radical (unpaired) electrons. The summed E-state index contributed by atoms with van der Waals surface area (Å²) in [5.41, 5.74) is -0.724. The van der Waals surface area contributed by atoms with Gasteiger partial charge in [-0.3, -0.25) is 0 Å². The van der Waals surface area contributed by atoms with E-state index in [-0.39, 0.29) is 24.0 Å². The number of anilines is 2. The Bertz CT molecular complexity index is 638. The first-order valence-electron chi connectivity index (χ1n) is 5.97. The van der Waals surface area contributed by atoms with Crippen molar-refractivity contribution in [1.82, 2.24) is 4.98 Å². The van der Waals surface area contributed by atoms with Gasteiger partial charge in [0.05, 0.1) is 12.2 Å². The summed E-state index contributed by atoms with van der Waals surface area (Å²) in [6, 6.07) is 4.43. The molecule has 2 aromatic rings. The molecule has 1 aromatic carbocycles. The van der Waals surface area contributed by atoms with E-state index >= 15 is 0 Å². The number of alkyl halides is 3. The smallest absolute Gasteiger partial charge is 0.416 e. The van der Waals surface area contributed by atoms with Crippen LogP contribution in [-0.4, -0.2) is 17.6 Å². The topological polar surface area (TPSA) is 64.4 Å². The van der Waals surface area contributed by atoms with Gasteiger partial charge in [0.1, 0.15) is 6.26 Å². The molecule has 0 saturated carbocycles. The van der Waals surface area contributed by atoms with Crippen molar-refractivity contribution in [2.24, 2.45) is 0 Å². The van der Waals surface area contributed by atoms with Crippen LogP contribution in [0.5, 0.6) is 0 Å². The highest BCUT2D eigenvalue weighted by Crippen LogP contribution is 2.31. The number of aromatic nitrogens is 1. The van der Waals surface area contributed by atoms with E-state index in [0.717, 1.165) is 18.4 Å². The van der Waals surface area contributed by atoms with Crippen molar-refractivity contribution in [3.8, 4) is 0 Å². The molecule has 0 fully saturated rings. The average Bonchev–Trinajstić information content (AvgIpc) is 2.87. The highest BCUT2D eigenvalue weighted by Gasteiger charge is 2.30. The SMILES string of the molecule is CCOC(=O)c1coc(Nc2cccc(C(F)(F)F)c2)n1. The minimum atomic E-state index is -4.44. The van der Waals surface area contributed by atoms with Crippen molar-refractivity contribution in [3.05, 3.63) is 41.8 Å². The highest BCUT2D eigenvalue weighted by molar-refractivity contribution is 5.87. The second-order valence-electron chi connectivity index (χ2n) is 3.96. The molecular weight excluding hydrogens is 289 g/mol. The molecule has 0 atom stereocenters. The molecule has 0 bridgehead atoms. The number of oxazole rings is 1. The predicted molar refractivity (Wildman–Crippen MR) is 67.2 cm³/mol. The summed E-state index contributed by atoms with van der Waals surface area (Å²) in [5.74, 6) is -0.668. The Morgan fingerprint density at radius 1 is 1.43 bits per heavy atom. The van der Waals surface area contributed by atoms with Gasteiger partial charge in [0, 0.05) is 5.69 Å². The Labute approximate surface area is 117 Å². The van der Waals surface area contributed by atoms with Crippen LogP contribution in [0.2, 0.25) is 0 Å². The van der Waals surface area contributed by atoms with E-state index in [1.54, 1.807) is 6.92 Å². The molecule has 0 aliphatic carbocycles. The third-order valence-electron chi connectivity index (χ3n) is 2.43. The van der Waals surface area contributed by atoms with Crippen LogP contribution >= 0.6 is 0 Å². The molecule has 1 aromatic heterocycles. The molecular formula is C13H11F3N2O3. The zero-order valence-corrected chi connectivity index (χ0v) is 10.9. The van der Waals surface area contributed by atoms with Gasteiger partial charge in [-0.05, 0) is 25.1 Å². The minimum absolute atomic E-state index is 0.0636. The Morgan fingerprint density at radius 2 is 2.19 bits per heavy atom. The van der Waals surface area contributed by atoms with E-state index < -0.39 is 17.7 Å². The minimum Gasteiger partial charge on any atom is -0.461 e. The summed E-state index contributed by atoms with van der Waals surface area (Å²) in [6.45, 7) is 1.82. The average molecular weight is 300 g/mol. The van der Waals surface area contributed by atoms with Crippen LogP contribution in [0.3, 0.4) is 0 Å². The lowest BCUT2D eigenvalue weighted by molar-refractivity contribution is -0.137. The molecule has 0 amide bonds. The Morgan fingerprint density at radius 3 is 2.86 bits per heavy atom. The lowest BCUT2D eigenvalue weighted by atomic mass is 10.2. The molecule has 1 heterocycles. The first kappa shape index (κ1) is 14.9. The van der Waals surface area contributed by atoms with Gasteiger partial charge in [-0.2, -0.15) is 18.2 Å². The molecule has 0 unspecified atom stereocenters. The van der Waals surface area contributed by atoms with E-state index in [2.05, 4.69) is 10.3 Å². The van der Waals surface area contributed by atoms with E-state index in [1.165, 1.54) is 12.1 Å². The second kappa shape index (κ2) is 5.86. The van der Waals surface area contributed by atoms with Crippen LogP contribution in [0.15, 0.2) is 34.9 Å². The number of carbonyl (C=O) groups excluding carboxylic acids is 1. The number of ether oxygens (including phenoxy) is 1. The molecule has 0 saturated heterocycles. The van der Waals surface area contributed by atoms with Crippen LogP contribution in [0.25, 0.3) is 0 Å². The summed E-state index contributed by atoms with van der Waals surface area (Å²) in [7, 11) is 0. The molecule has 112 valence electrons. The normalized spacial score (nSPS) is 11.2. The number of hydrogen-bond donors (Lipinski definition) is 1. The van der Waals surface area contributed by atoms with Gasteiger partial charge in [-0.25, -0.2) is 4.79 Å². The molecule has 1 N–H and O–H groups in total. The quantitative estimate of drug-likeness (QED) is 0.874. The largest absolute Gasteiger partial charge is 0.461 e. The molecule has 8 heteroatoms. The van der Waals surface area contributed by atoms with Gasteiger partial charge in [0.25, 0.3) is 6.01 Å². The number of carbonyl (C=O) groups is 1. The molecule has 0 spiro atoms. The number of benzene rings is 1. The first-order valence-corrected chi connectivity index (χ1v) is 5.97. The van der Waals surface area contributed by atoms with Gasteiger partial charge >= 0.3 is 12.1 Å². The monoisotopic (exact) mass is 300 g/mol. The van der Waals surface area contributed by atoms with Crippen LogP contribution in [0.4, 0.5) is 24.9 Å². The van der Waals surface area contributed by atoms with Crippen molar-refractivity contribution in [3.63, 3.8) is 0 Å². The molecule has 0 aliphatic rings. The van der Waals surface area contributed by atoms with Crippen LogP contribution in [0, 0.1) is 0 Å². The Kier molecular flexibility index (Phi) is 4.15. The second-order valence-corrected chi connectivity index (χ2v) is 3.96. The molecule has 0 aliphatic heterocycles. The summed E-state index contributed by atoms with van der Waals surface area (Å²) >= 11 is 0. The van der Waals surface area contributed by atoms with E-state index in [9.17, 15) is 18.0 Å². The lowest BCUT2D eigenvalue weighted by Crippen LogP contribution is -2.06. The number of hydrogen-bond acceptors (Lipinski definition) is 5. The third-order valence-corrected chi connectivity index (χ3v) is 2.43. The highest BCUT2D eigenvalue weighted by atomic mass is 19.4. The third kappa shape index (κ3) is 3.74. The Balaban J connectivity index is 2.14. The lowest BCUT2D eigenvalue weighted by Gasteiger charge is -2.08. The summed E-state index contributed by atoms with van der Waals surface area (Å²) in [5, 5.41) is 2.55. The fourth-order valence-corrected chi connectivity index (χ4v) is 1.53. The van der Waals surface area contributed by atoms with Crippen molar-refractivity contribution in [2.75, 3.05) is 11.9 Å². The standard InChI is InChI=1S/C13H11F3N2O3/c1-2-20-11(19)10-7-21-12(18-10)17-9-5-3-4-8(6-9)13(14,15)16/h3-7H,2H2,1H3,(H,17,18). The van der Waals surface area contributed by atoms with Gasteiger partial charge in [-0.1, -0.05) is 6.07 Å². The maximum atomic E-state index is 12.6. The first-order chi connectivity index (χ1) is 9.90. The fourth-order valence-electron chi connectivity index (χ4n) is 1.53. The summed E-state index contributed by atoms with van der Waals surface area (Å²) in [4.78, 5) is 15.2. The maximum absolute atomic E-state index is 12.6. The number of rotatable bonds is 4. The number of esters is 1. The van der Waals surface area contributed by atoms with Gasteiger partial charge in [0.15, 0.2) is 5.69 Å². The van der Waals surface area contributed by atoms with Crippen molar-refractivity contribution in [2.45, 2.75) is 13.1 Å². The van der Waals surface area contributed by atoms with Gasteiger partial charge < -0.3 is 14.5 Å².